The molecular weight excluding hydrogens is 221 g/mol. The standard InChI is InChI=1S/C13H20FNO2/c1-2-3-8-17-9-7-15-10-11-5-4-6-12(14)13(11)16/h4-6,15-16H,2-3,7-10H2,1H3. The van der Waals surface area contributed by atoms with Gasteiger partial charge in [0.25, 0.3) is 0 Å². The van der Waals surface area contributed by atoms with Crippen molar-refractivity contribution in [2.45, 2.75) is 26.3 Å². The van der Waals surface area contributed by atoms with E-state index in [-0.39, 0.29) is 5.75 Å². The lowest BCUT2D eigenvalue weighted by molar-refractivity contribution is 0.133. The van der Waals surface area contributed by atoms with Crippen molar-refractivity contribution in [1.82, 2.24) is 5.32 Å². The normalized spacial score (nSPS) is 10.7. The van der Waals surface area contributed by atoms with Gasteiger partial charge in [-0.15, -0.1) is 0 Å². The minimum Gasteiger partial charge on any atom is -0.505 e. The highest BCUT2D eigenvalue weighted by molar-refractivity contribution is 5.33. The quantitative estimate of drug-likeness (QED) is 0.687. The van der Waals surface area contributed by atoms with E-state index in [1.165, 1.54) is 6.07 Å². The van der Waals surface area contributed by atoms with E-state index in [9.17, 15) is 9.50 Å². The second-order valence-electron chi connectivity index (χ2n) is 3.89. The van der Waals surface area contributed by atoms with E-state index in [1.807, 2.05) is 0 Å². The molecule has 4 heteroatoms. The number of halogens is 1. The van der Waals surface area contributed by atoms with Gasteiger partial charge in [0.1, 0.15) is 0 Å². The highest BCUT2D eigenvalue weighted by Crippen LogP contribution is 2.19. The molecule has 0 aliphatic heterocycles. The number of aromatic hydroxyl groups is 1. The van der Waals surface area contributed by atoms with E-state index < -0.39 is 5.82 Å². The maximum atomic E-state index is 13.0. The zero-order valence-electron chi connectivity index (χ0n) is 10.2. The van der Waals surface area contributed by atoms with Crippen molar-refractivity contribution in [1.29, 1.82) is 0 Å². The van der Waals surface area contributed by atoms with Gasteiger partial charge in [0.05, 0.1) is 6.61 Å². The summed E-state index contributed by atoms with van der Waals surface area (Å²) in [7, 11) is 0. The summed E-state index contributed by atoms with van der Waals surface area (Å²) >= 11 is 0. The number of benzene rings is 1. The zero-order valence-corrected chi connectivity index (χ0v) is 10.2. The van der Waals surface area contributed by atoms with Crippen LogP contribution in [-0.2, 0) is 11.3 Å². The molecule has 1 aromatic rings. The van der Waals surface area contributed by atoms with Crippen molar-refractivity contribution in [2.75, 3.05) is 19.8 Å². The van der Waals surface area contributed by atoms with Gasteiger partial charge in [-0.1, -0.05) is 25.5 Å². The van der Waals surface area contributed by atoms with Crippen LogP contribution in [0.4, 0.5) is 4.39 Å². The maximum absolute atomic E-state index is 13.0. The molecule has 17 heavy (non-hydrogen) atoms. The van der Waals surface area contributed by atoms with Crippen molar-refractivity contribution in [3.05, 3.63) is 29.6 Å². The van der Waals surface area contributed by atoms with Crippen molar-refractivity contribution in [3.8, 4) is 5.75 Å². The van der Waals surface area contributed by atoms with Crippen molar-refractivity contribution >= 4 is 0 Å². The minimum atomic E-state index is -0.580. The Kier molecular flexibility index (Phi) is 6.58. The van der Waals surface area contributed by atoms with Crippen LogP contribution in [0.5, 0.6) is 5.75 Å². The van der Waals surface area contributed by atoms with E-state index in [2.05, 4.69) is 12.2 Å². The Morgan fingerprint density at radius 2 is 2.18 bits per heavy atom. The fourth-order valence-corrected chi connectivity index (χ4v) is 1.42. The summed E-state index contributed by atoms with van der Waals surface area (Å²) in [4.78, 5) is 0. The van der Waals surface area contributed by atoms with Crippen LogP contribution in [0.1, 0.15) is 25.3 Å². The predicted octanol–water partition coefficient (Wildman–Crippen LogP) is 2.44. The maximum Gasteiger partial charge on any atom is 0.165 e. The number of hydrogen-bond donors (Lipinski definition) is 2. The lowest BCUT2D eigenvalue weighted by Gasteiger charge is -2.07. The lowest BCUT2D eigenvalue weighted by Crippen LogP contribution is -2.19. The second kappa shape index (κ2) is 8.03. The average Bonchev–Trinajstić information content (AvgIpc) is 2.33. The predicted molar refractivity (Wildman–Crippen MR) is 65.5 cm³/mol. The summed E-state index contributed by atoms with van der Waals surface area (Å²) in [5, 5.41) is 12.5. The molecule has 3 nitrogen and oxygen atoms in total. The molecule has 0 bridgehead atoms. The third-order valence-corrected chi connectivity index (χ3v) is 2.45. The molecule has 0 amide bonds. The topological polar surface area (TPSA) is 41.5 Å². The molecule has 96 valence electrons. The first-order valence-electron chi connectivity index (χ1n) is 6.00. The minimum absolute atomic E-state index is 0.271. The molecule has 0 saturated carbocycles. The molecule has 0 saturated heterocycles. The first kappa shape index (κ1) is 13.9. The van der Waals surface area contributed by atoms with Gasteiger partial charge in [0, 0.05) is 25.3 Å². The Morgan fingerprint density at radius 3 is 2.94 bits per heavy atom. The molecule has 2 N–H and O–H groups in total. The monoisotopic (exact) mass is 241 g/mol. The number of unbranched alkanes of at least 4 members (excludes halogenated alkanes) is 1. The van der Waals surface area contributed by atoms with Crippen LogP contribution in [0.25, 0.3) is 0 Å². The molecule has 0 spiro atoms. The summed E-state index contributed by atoms with van der Waals surface area (Å²) in [5.41, 5.74) is 0.568. The molecule has 0 unspecified atom stereocenters. The molecule has 0 atom stereocenters. The second-order valence-corrected chi connectivity index (χ2v) is 3.89. The fourth-order valence-electron chi connectivity index (χ4n) is 1.42. The van der Waals surface area contributed by atoms with Crippen LogP contribution in [0.3, 0.4) is 0 Å². The van der Waals surface area contributed by atoms with Gasteiger partial charge in [-0.2, -0.15) is 0 Å². The van der Waals surface area contributed by atoms with E-state index >= 15 is 0 Å². The Bertz CT molecular complexity index is 331. The van der Waals surface area contributed by atoms with Crippen LogP contribution in [0.2, 0.25) is 0 Å². The van der Waals surface area contributed by atoms with Crippen molar-refractivity contribution < 1.29 is 14.2 Å². The first-order valence-corrected chi connectivity index (χ1v) is 6.00. The van der Waals surface area contributed by atoms with Gasteiger partial charge in [0.15, 0.2) is 11.6 Å². The lowest BCUT2D eigenvalue weighted by atomic mass is 10.2. The zero-order chi connectivity index (χ0) is 12.5. The Labute approximate surface area is 102 Å². The van der Waals surface area contributed by atoms with Crippen LogP contribution < -0.4 is 5.32 Å². The van der Waals surface area contributed by atoms with Gasteiger partial charge in [-0.05, 0) is 12.5 Å². The third-order valence-electron chi connectivity index (χ3n) is 2.45. The molecule has 0 radical (unpaired) electrons. The average molecular weight is 241 g/mol. The number of phenols is 1. The first-order chi connectivity index (χ1) is 8.25. The van der Waals surface area contributed by atoms with E-state index in [0.717, 1.165) is 19.4 Å². The largest absolute Gasteiger partial charge is 0.505 e. The summed E-state index contributed by atoms with van der Waals surface area (Å²) in [6.45, 7) is 4.67. The summed E-state index contributed by atoms with van der Waals surface area (Å²) in [6.07, 6.45) is 2.20. The Hall–Kier alpha value is -1.13. The van der Waals surface area contributed by atoms with E-state index in [4.69, 9.17) is 4.74 Å². The molecule has 0 aromatic heterocycles. The third kappa shape index (κ3) is 5.15. The SMILES string of the molecule is CCCCOCCNCc1cccc(F)c1O. The highest BCUT2D eigenvalue weighted by Gasteiger charge is 2.05. The van der Waals surface area contributed by atoms with E-state index in [1.54, 1.807) is 12.1 Å². The smallest absolute Gasteiger partial charge is 0.165 e. The van der Waals surface area contributed by atoms with Crippen molar-refractivity contribution in [3.63, 3.8) is 0 Å². The summed E-state index contributed by atoms with van der Waals surface area (Å²) in [6, 6.07) is 4.53. The fraction of sp³-hybridized carbons (Fsp3) is 0.538. The van der Waals surface area contributed by atoms with Crippen LogP contribution >= 0.6 is 0 Å². The summed E-state index contributed by atoms with van der Waals surface area (Å²) < 4.78 is 18.4. The molecule has 1 aromatic carbocycles. The molecule has 0 aliphatic rings. The van der Waals surface area contributed by atoms with Gasteiger partial charge >= 0.3 is 0 Å². The highest BCUT2D eigenvalue weighted by atomic mass is 19.1. The number of ether oxygens (including phenoxy) is 1. The molecule has 1 rings (SSSR count). The van der Waals surface area contributed by atoms with Crippen LogP contribution in [0, 0.1) is 5.82 Å². The van der Waals surface area contributed by atoms with Gasteiger partial charge < -0.3 is 15.2 Å². The van der Waals surface area contributed by atoms with E-state index in [0.29, 0.717) is 25.3 Å². The number of para-hydroxylation sites is 1. The van der Waals surface area contributed by atoms with Gasteiger partial charge in [-0.25, -0.2) is 4.39 Å². The van der Waals surface area contributed by atoms with Gasteiger partial charge in [0.2, 0.25) is 0 Å². The molecular formula is C13H20FNO2. The Balaban J connectivity index is 2.16. The number of nitrogens with one attached hydrogen (secondary N) is 1. The van der Waals surface area contributed by atoms with Crippen LogP contribution in [0.15, 0.2) is 18.2 Å². The number of rotatable bonds is 8. The molecule has 0 fully saturated rings. The van der Waals surface area contributed by atoms with Gasteiger partial charge in [-0.3, -0.25) is 0 Å². The molecule has 0 aliphatic carbocycles. The number of hydrogen-bond acceptors (Lipinski definition) is 3. The van der Waals surface area contributed by atoms with Crippen LogP contribution in [-0.4, -0.2) is 24.9 Å². The Morgan fingerprint density at radius 1 is 1.35 bits per heavy atom. The number of phenolic OH excluding ortho intramolecular Hbond substituents is 1. The summed E-state index contributed by atoms with van der Waals surface area (Å²) in [5.74, 6) is -0.851. The van der Waals surface area contributed by atoms with Crippen molar-refractivity contribution in [2.24, 2.45) is 0 Å². The molecule has 0 heterocycles.